The topological polar surface area (TPSA) is 32.7 Å². The molecule has 20 heavy (non-hydrogen) atoms. The molecule has 1 aromatic carbocycles. The average molecular weight is 277 g/mol. The third-order valence-electron chi connectivity index (χ3n) is 3.87. The Morgan fingerprint density at radius 1 is 1.45 bits per heavy atom. The summed E-state index contributed by atoms with van der Waals surface area (Å²) in [5.74, 6) is 0.968. The predicted molar refractivity (Wildman–Crippen MR) is 82.0 cm³/mol. The quantitative estimate of drug-likeness (QED) is 0.830. The Morgan fingerprint density at radius 2 is 2.30 bits per heavy atom. The lowest BCUT2D eigenvalue weighted by atomic mass is 10.1. The SMILES string of the molecule is CCCOc1cccc(CN2CCCC2CC(C)O)c1. The highest BCUT2D eigenvalue weighted by molar-refractivity contribution is 5.28. The van der Waals surface area contributed by atoms with Gasteiger partial charge in [-0.25, -0.2) is 0 Å². The summed E-state index contributed by atoms with van der Waals surface area (Å²) < 4.78 is 5.69. The molecule has 1 saturated heterocycles. The molecule has 0 aromatic heterocycles. The van der Waals surface area contributed by atoms with E-state index in [0.717, 1.165) is 38.3 Å². The molecule has 2 unspecified atom stereocenters. The van der Waals surface area contributed by atoms with E-state index in [1.54, 1.807) is 0 Å². The van der Waals surface area contributed by atoms with Gasteiger partial charge in [0, 0.05) is 12.6 Å². The van der Waals surface area contributed by atoms with Gasteiger partial charge in [0.2, 0.25) is 0 Å². The second-order valence-electron chi connectivity index (χ2n) is 5.85. The monoisotopic (exact) mass is 277 g/mol. The summed E-state index contributed by atoms with van der Waals surface area (Å²) in [7, 11) is 0. The van der Waals surface area contributed by atoms with E-state index >= 15 is 0 Å². The molecule has 2 atom stereocenters. The van der Waals surface area contributed by atoms with Crippen molar-refractivity contribution in [2.75, 3.05) is 13.2 Å². The van der Waals surface area contributed by atoms with Crippen molar-refractivity contribution in [1.29, 1.82) is 0 Å². The number of rotatable bonds is 7. The van der Waals surface area contributed by atoms with Gasteiger partial charge in [0.05, 0.1) is 12.7 Å². The van der Waals surface area contributed by atoms with Crippen molar-refractivity contribution in [1.82, 2.24) is 4.90 Å². The Morgan fingerprint density at radius 3 is 3.05 bits per heavy atom. The van der Waals surface area contributed by atoms with Crippen molar-refractivity contribution in [3.8, 4) is 5.75 Å². The third kappa shape index (κ3) is 4.50. The number of hydrogen-bond acceptors (Lipinski definition) is 3. The van der Waals surface area contributed by atoms with Crippen LogP contribution in [0, 0.1) is 0 Å². The third-order valence-corrected chi connectivity index (χ3v) is 3.87. The maximum absolute atomic E-state index is 9.59. The van der Waals surface area contributed by atoms with Crippen molar-refractivity contribution in [3.63, 3.8) is 0 Å². The molecule has 1 fully saturated rings. The highest BCUT2D eigenvalue weighted by Crippen LogP contribution is 2.24. The second-order valence-corrected chi connectivity index (χ2v) is 5.85. The Kier molecular flexibility index (Phi) is 5.86. The van der Waals surface area contributed by atoms with Crippen LogP contribution in [0.3, 0.4) is 0 Å². The zero-order chi connectivity index (χ0) is 14.4. The van der Waals surface area contributed by atoms with Crippen molar-refractivity contribution in [2.24, 2.45) is 0 Å². The zero-order valence-corrected chi connectivity index (χ0v) is 12.7. The molecule has 0 bridgehead atoms. The molecular weight excluding hydrogens is 250 g/mol. The van der Waals surface area contributed by atoms with Crippen LogP contribution in [0.5, 0.6) is 5.75 Å². The van der Waals surface area contributed by atoms with Gasteiger partial charge in [0.25, 0.3) is 0 Å². The first-order valence-corrected chi connectivity index (χ1v) is 7.83. The highest BCUT2D eigenvalue weighted by atomic mass is 16.5. The van der Waals surface area contributed by atoms with E-state index < -0.39 is 0 Å². The molecular formula is C17H27NO2. The van der Waals surface area contributed by atoms with E-state index in [4.69, 9.17) is 4.74 Å². The van der Waals surface area contributed by atoms with Gasteiger partial charge >= 0.3 is 0 Å². The van der Waals surface area contributed by atoms with Crippen LogP contribution in [0.2, 0.25) is 0 Å². The van der Waals surface area contributed by atoms with Crippen molar-refractivity contribution in [3.05, 3.63) is 29.8 Å². The fourth-order valence-electron chi connectivity index (χ4n) is 2.95. The van der Waals surface area contributed by atoms with E-state index in [0.29, 0.717) is 6.04 Å². The van der Waals surface area contributed by atoms with Crippen molar-refractivity contribution >= 4 is 0 Å². The van der Waals surface area contributed by atoms with Crippen LogP contribution in [-0.4, -0.2) is 35.3 Å². The van der Waals surface area contributed by atoms with Gasteiger partial charge in [-0.15, -0.1) is 0 Å². The van der Waals surface area contributed by atoms with Gasteiger partial charge in [-0.2, -0.15) is 0 Å². The average Bonchev–Trinajstić information content (AvgIpc) is 2.83. The van der Waals surface area contributed by atoms with Gasteiger partial charge < -0.3 is 9.84 Å². The Labute approximate surface area is 122 Å². The smallest absolute Gasteiger partial charge is 0.119 e. The van der Waals surface area contributed by atoms with Gasteiger partial charge in [-0.1, -0.05) is 19.1 Å². The Hall–Kier alpha value is -1.06. The molecule has 1 aliphatic heterocycles. The minimum atomic E-state index is -0.208. The van der Waals surface area contributed by atoms with E-state index in [1.165, 1.54) is 18.4 Å². The Bertz CT molecular complexity index is 406. The summed E-state index contributed by atoms with van der Waals surface area (Å²) in [6, 6.07) is 8.93. The molecule has 0 radical (unpaired) electrons. The first-order chi connectivity index (χ1) is 9.69. The molecule has 2 rings (SSSR count). The normalized spacial score (nSPS) is 21.1. The molecule has 0 spiro atoms. The van der Waals surface area contributed by atoms with E-state index in [1.807, 2.05) is 13.0 Å². The first kappa shape index (κ1) is 15.3. The molecule has 1 N–H and O–H groups in total. The van der Waals surface area contributed by atoms with E-state index in [-0.39, 0.29) is 6.10 Å². The first-order valence-electron chi connectivity index (χ1n) is 7.83. The van der Waals surface area contributed by atoms with E-state index in [9.17, 15) is 5.11 Å². The summed E-state index contributed by atoms with van der Waals surface area (Å²) >= 11 is 0. The fourth-order valence-corrected chi connectivity index (χ4v) is 2.95. The minimum Gasteiger partial charge on any atom is -0.494 e. The zero-order valence-electron chi connectivity index (χ0n) is 12.7. The van der Waals surface area contributed by atoms with Crippen molar-refractivity contribution < 1.29 is 9.84 Å². The number of aliphatic hydroxyl groups is 1. The molecule has 1 aromatic rings. The van der Waals surface area contributed by atoms with Gasteiger partial charge in [-0.05, 0) is 56.8 Å². The molecule has 1 aliphatic rings. The lowest BCUT2D eigenvalue weighted by Crippen LogP contribution is -2.31. The lowest BCUT2D eigenvalue weighted by molar-refractivity contribution is 0.130. The number of ether oxygens (including phenoxy) is 1. The summed E-state index contributed by atoms with van der Waals surface area (Å²) in [6.07, 6.45) is 4.15. The number of benzene rings is 1. The van der Waals surface area contributed by atoms with Crippen LogP contribution < -0.4 is 4.74 Å². The van der Waals surface area contributed by atoms with Crippen LogP contribution in [-0.2, 0) is 6.54 Å². The maximum atomic E-state index is 9.59. The molecule has 3 nitrogen and oxygen atoms in total. The number of nitrogens with zero attached hydrogens (tertiary/aromatic N) is 1. The number of hydrogen-bond donors (Lipinski definition) is 1. The summed E-state index contributed by atoms with van der Waals surface area (Å²) in [4.78, 5) is 2.49. The van der Waals surface area contributed by atoms with Crippen molar-refractivity contribution in [2.45, 2.75) is 58.2 Å². The molecule has 1 heterocycles. The summed E-state index contributed by atoms with van der Waals surface area (Å²) in [6.45, 7) is 6.88. The molecule has 112 valence electrons. The summed E-state index contributed by atoms with van der Waals surface area (Å²) in [5, 5.41) is 9.59. The highest BCUT2D eigenvalue weighted by Gasteiger charge is 2.25. The second kappa shape index (κ2) is 7.65. The van der Waals surface area contributed by atoms with Gasteiger partial charge in [0.15, 0.2) is 0 Å². The van der Waals surface area contributed by atoms with Crippen LogP contribution in [0.15, 0.2) is 24.3 Å². The number of likely N-dealkylation sites (tertiary alicyclic amines) is 1. The van der Waals surface area contributed by atoms with Crippen LogP contribution in [0.1, 0.15) is 45.1 Å². The molecule has 0 aliphatic carbocycles. The standard InChI is InChI=1S/C17H27NO2/c1-3-10-20-17-8-4-6-15(12-17)13-18-9-5-7-16(18)11-14(2)19/h4,6,8,12,14,16,19H,3,5,7,9-11,13H2,1-2H3. The predicted octanol–water partition coefficient (Wildman–Crippen LogP) is 3.21. The van der Waals surface area contributed by atoms with Crippen LogP contribution >= 0.6 is 0 Å². The maximum Gasteiger partial charge on any atom is 0.119 e. The van der Waals surface area contributed by atoms with Gasteiger partial charge in [0.1, 0.15) is 5.75 Å². The molecule has 0 saturated carbocycles. The molecule has 3 heteroatoms. The summed E-state index contributed by atoms with van der Waals surface area (Å²) in [5.41, 5.74) is 1.30. The Balaban J connectivity index is 1.94. The number of aliphatic hydroxyl groups excluding tert-OH is 1. The van der Waals surface area contributed by atoms with Crippen LogP contribution in [0.25, 0.3) is 0 Å². The lowest BCUT2D eigenvalue weighted by Gasteiger charge is -2.25. The van der Waals surface area contributed by atoms with Crippen LogP contribution in [0.4, 0.5) is 0 Å². The minimum absolute atomic E-state index is 0.208. The fraction of sp³-hybridized carbons (Fsp3) is 0.647. The van der Waals surface area contributed by atoms with Gasteiger partial charge in [-0.3, -0.25) is 4.90 Å². The largest absolute Gasteiger partial charge is 0.494 e. The molecule has 0 amide bonds. The van der Waals surface area contributed by atoms with E-state index in [2.05, 4.69) is 30.0 Å².